The fraction of sp³-hybridized carbons (Fsp3) is 0.100. The van der Waals surface area contributed by atoms with Gasteiger partial charge in [-0.2, -0.15) is 0 Å². The first-order chi connectivity index (χ1) is 7.49. The highest BCUT2D eigenvalue weighted by Gasteiger charge is 2.19. The number of hydrogen-bond acceptors (Lipinski definition) is 4. The minimum Gasteiger partial charge on any atom is -0.478 e. The maximum Gasteiger partial charge on any atom is 0.355 e. The van der Waals surface area contributed by atoms with Gasteiger partial charge in [-0.15, -0.1) is 11.3 Å². The Labute approximate surface area is 94.0 Å². The first kappa shape index (κ1) is 10.6. The number of pyridine rings is 1. The molecule has 0 amide bonds. The lowest BCUT2D eigenvalue weighted by Crippen LogP contribution is -2.10. The highest BCUT2D eigenvalue weighted by Crippen LogP contribution is 2.25. The molecule has 0 aliphatic carbocycles. The van der Waals surface area contributed by atoms with Gasteiger partial charge in [0.1, 0.15) is 0 Å². The van der Waals surface area contributed by atoms with Crippen LogP contribution in [0.25, 0.3) is 10.2 Å². The summed E-state index contributed by atoms with van der Waals surface area (Å²) in [6, 6.07) is 3.09. The SMILES string of the molecule is Cc1cc2nc(C(=O)O)c(C(=O)O)cc2s1. The molecule has 0 aliphatic heterocycles. The number of hydrogen-bond donors (Lipinski definition) is 2. The van der Waals surface area contributed by atoms with Crippen LogP contribution in [0.1, 0.15) is 25.7 Å². The Morgan fingerprint density at radius 3 is 2.50 bits per heavy atom. The van der Waals surface area contributed by atoms with Crippen LogP contribution in [0.4, 0.5) is 0 Å². The van der Waals surface area contributed by atoms with Gasteiger partial charge < -0.3 is 10.2 Å². The van der Waals surface area contributed by atoms with Gasteiger partial charge in [-0.1, -0.05) is 0 Å². The topological polar surface area (TPSA) is 87.5 Å². The van der Waals surface area contributed by atoms with Crippen LogP contribution >= 0.6 is 11.3 Å². The maximum atomic E-state index is 10.9. The van der Waals surface area contributed by atoms with E-state index in [2.05, 4.69) is 4.98 Å². The summed E-state index contributed by atoms with van der Waals surface area (Å²) in [5.74, 6) is -2.61. The number of thiophene rings is 1. The van der Waals surface area contributed by atoms with Crippen molar-refractivity contribution in [2.45, 2.75) is 6.92 Å². The molecule has 0 saturated carbocycles. The summed E-state index contributed by atoms with van der Waals surface area (Å²) in [6.45, 7) is 1.85. The van der Waals surface area contributed by atoms with E-state index in [1.807, 2.05) is 6.92 Å². The lowest BCUT2D eigenvalue weighted by atomic mass is 10.2. The monoisotopic (exact) mass is 237 g/mol. The van der Waals surface area contributed by atoms with Crippen LogP contribution < -0.4 is 0 Å². The summed E-state index contributed by atoms with van der Waals surface area (Å²) in [4.78, 5) is 26.5. The molecular formula is C10H7NO4S. The number of carbonyl (C=O) groups is 2. The molecule has 0 aliphatic rings. The number of aromatic nitrogens is 1. The minimum atomic E-state index is -1.33. The summed E-state index contributed by atoms with van der Waals surface area (Å²) in [5.41, 5.74) is -0.176. The molecule has 0 aromatic carbocycles. The van der Waals surface area contributed by atoms with Crippen molar-refractivity contribution >= 4 is 33.5 Å². The molecular weight excluding hydrogens is 230 g/mol. The molecule has 5 nitrogen and oxygen atoms in total. The van der Waals surface area contributed by atoms with Crippen LogP contribution in [0.5, 0.6) is 0 Å². The highest BCUT2D eigenvalue weighted by atomic mass is 32.1. The van der Waals surface area contributed by atoms with E-state index in [9.17, 15) is 9.59 Å². The zero-order valence-electron chi connectivity index (χ0n) is 8.22. The molecule has 2 heterocycles. The third-order valence-corrected chi connectivity index (χ3v) is 3.05. The maximum absolute atomic E-state index is 10.9. The number of aromatic carboxylic acids is 2. The largest absolute Gasteiger partial charge is 0.478 e. The second-order valence-electron chi connectivity index (χ2n) is 3.24. The molecule has 2 aromatic rings. The quantitative estimate of drug-likeness (QED) is 0.834. The van der Waals surface area contributed by atoms with Crippen molar-refractivity contribution in [1.29, 1.82) is 0 Å². The van der Waals surface area contributed by atoms with E-state index in [4.69, 9.17) is 10.2 Å². The zero-order chi connectivity index (χ0) is 11.9. The smallest absolute Gasteiger partial charge is 0.355 e. The molecule has 2 N–H and O–H groups in total. The summed E-state index contributed by atoms with van der Waals surface area (Å²) >= 11 is 1.39. The Bertz CT molecular complexity index is 551. The molecule has 0 radical (unpaired) electrons. The van der Waals surface area contributed by atoms with Crippen LogP contribution in [-0.2, 0) is 0 Å². The molecule has 2 aromatic heterocycles. The van der Waals surface area contributed by atoms with Crippen molar-refractivity contribution < 1.29 is 19.8 Å². The second kappa shape index (κ2) is 3.57. The predicted octanol–water partition coefficient (Wildman–Crippen LogP) is 2.00. The van der Waals surface area contributed by atoms with Crippen molar-refractivity contribution in [2.24, 2.45) is 0 Å². The van der Waals surface area contributed by atoms with Gasteiger partial charge in [0.15, 0.2) is 5.69 Å². The fourth-order valence-electron chi connectivity index (χ4n) is 1.42. The van der Waals surface area contributed by atoms with E-state index in [1.54, 1.807) is 6.07 Å². The van der Waals surface area contributed by atoms with Crippen LogP contribution in [0.2, 0.25) is 0 Å². The van der Waals surface area contributed by atoms with Crippen molar-refractivity contribution in [1.82, 2.24) is 4.98 Å². The van der Waals surface area contributed by atoms with Crippen LogP contribution in [0.3, 0.4) is 0 Å². The molecule has 0 bridgehead atoms. The normalized spacial score (nSPS) is 10.6. The minimum absolute atomic E-state index is 0.276. The summed E-state index contributed by atoms with van der Waals surface area (Å²) in [6.07, 6.45) is 0. The zero-order valence-corrected chi connectivity index (χ0v) is 9.04. The highest BCUT2D eigenvalue weighted by molar-refractivity contribution is 7.18. The number of fused-ring (bicyclic) bond motifs is 1. The molecule has 82 valence electrons. The van der Waals surface area contributed by atoms with E-state index < -0.39 is 17.6 Å². The van der Waals surface area contributed by atoms with Gasteiger partial charge >= 0.3 is 11.9 Å². The molecule has 0 unspecified atom stereocenters. The van der Waals surface area contributed by atoms with Gasteiger partial charge in [-0.25, -0.2) is 14.6 Å². The number of carboxylic acids is 2. The molecule has 0 atom stereocenters. The number of aryl methyl sites for hydroxylation is 1. The van der Waals surface area contributed by atoms with Crippen LogP contribution in [-0.4, -0.2) is 27.1 Å². The Balaban J connectivity index is 2.80. The van der Waals surface area contributed by atoms with Crippen molar-refractivity contribution in [3.63, 3.8) is 0 Å². The summed E-state index contributed by atoms with van der Waals surface area (Å²) < 4.78 is 0.680. The van der Waals surface area contributed by atoms with Crippen LogP contribution in [0, 0.1) is 6.92 Å². The molecule has 16 heavy (non-hydrogen) atoms. The molecule has 2 rings (SSSR count). The van der Waals surface area contributed by atoms with E-state index in [0.29, 0.717) is 10.2 Å². The Morgan fingerprint density at radius 2 is 1.94 bits per heavy atom. The Hall–Kier alpha value is -1.95. The first-order valence-electron chi connectivity index (χ1n) is 4.37. The standard InChI is InChI=1S/C10H7NO4S/c1-4-2-6-7(16-4)3-5(9(12)13)8(11-6)10(14)15/h2-3H,1H3,(H,12,13)(H,14,15). The van der Waals surface area contributed by atoms with Crippen LogP contribution in [0.15, 0.2) is 12.1 Å². The van der Waals surface area contributed by atoms with Crippen molar-refractivity contribution in [2.75, 3.05) is 0 Å². The lowest BCUT2D eigenvalue weighted by molar-refractivity contribution is 0.0647. The van der Waals surface area contributed by atoms with Gasteiger partial charge in [-0.05, 0) is 19.1 Å². The third kappa shape index (κ3) is 1.63. The second-order valence-corrected chi connectivity index (χ2v) is 4.52. The van der Waals surface area contributed by atoms with E-state index >= 15 is 0 Å². The average Bonchev–Trinajstić information content (AvgIpc) is 2.54. The number of carboxylic acid groups (broad SMARTS) is 2. The Kier molecular flexibility index (Phi) is 2.35. The van der Waals surface area contributed by atoms with E-state index in [-0.39, 0.29) is 5.56 Å². The van der Waals surface area contributed by atoms with Crippen molar-refractivity contribution in [3.05, 3.63) is 28.3 Å². The van der Waals surface area contributed by atoms with E-state index in [1.165, 1.54) is 17.4 Å². The summed E-state index contributed by atoms with van der Waals surface area (Å²) in [5, 5.41) is 17.7. The molecule has 0 spiro atoms. The van der Waals surface area contributed by atoms with Gasteiger partial charge in [0.05, 0.1) is 15.8 Å². The first-order valence-corrected chi connectivity index (χ1v) is 5.18. The van der Waals surface area contributed by atoms with Gasteiger partial charge in [-0.3, -0.25) is 0 Å². The fourth-order valence-corrected chi connectivity index (χ4v) is 2.32. The van der Waals surface area contributed by atoms with Crippen molar-refractivity contribution in [3.8, 4) is 0 Å². The third-order valence-electron chi connectivity index (χ3n) is 2.06. The van der Waals surface area contributed by atoms with E-state index in [0.717, 1.165) is 4.88 Å². The van der Waals surface area contributed by atoms with Gasteiger partial charge in [0.2, 0.25) is 0 Å². The molecule has 6 heteroatoms. The predicted molar refractivity (Wildman–Crippen MR) is 58.3 cm³/mol. The Morgan fingerprint density at radius 1 is 1.25 bits per heavy atom. The molecule has 0 fully saturated rings. The number of rotatable bonds is 2. The molecule has 0 saturated heterocycles. The lowest BCUT2D eigenvalue weighted by Gasteiger charge is -2.00. The number of nitrogens with zero attached hydrogens (tertiary/aromatic N) is 1. The average molecular weight is 237 g/mol. The van der Waals surface area contributed by atoms with Gasteiger partial charge in [0.25, 0.3) is 0 Å². The summed E-state index contributed by atoms with van der Waals surface area (Å²) in [7, 11) is 0. The van der Waals surface area contributed by atoms with Gasteiger partial charge in [0, 0.05) is 4.88 Å².